The highest BCUT2D eigenvalue weighted by molar-refractivity contribution is 6.07. The average molecular weight is 481 g/mol. The van der Waals surface area contributed by atoms with Gasteiger partial charge in [-0.05, 0) is 50.8 Å². The van der Waals surface area contributed by atoms with E-state index in [1.54, 1.807) is 17.9 Å². The van der Waals surface area contributed by atoms with Crippen molar-refractivity contribution in [2.24, 2.45) is 0 Å². The Bertz CT molecular complexity index is 928. The minimum Gasteiger partial charge on any atom is -0.451 e. The Hall–Kier alpha value is -2.51. The second-order valence-electron chi connectivity index (χ2n) is 9.27. The molecule has 1 aromatic carbocycles. The number of esters is 1. The Labute approximate surface area is 199 Å². The minimum atomic E-state index is -4.40. The van der Waals surface area contributed by atoms with Gasteiger partial charge in [-0.15, -0.1) is 0 Å². The Morgan fingerprint density at radius 1 is 1.06 bits per heavy atom. The quantitative estimate of drug-likeness (QED) is 0.352. The molecule has 1 amide bonds. The smallest absolute Gasteiger partial charge is 0.416 e. The number of cyclic esters (lactones) is 1. The molecule has 1 saturated heterocycles. The molecule has 0 aliphatic carbocycles. The van der Waals surface area contributed by atoms with Crippen LogP contribution in [0.4, 0.5) is 18.9 Å². The molecule has 0 spiro atoms. The molecule has 8 heteroatoms. The molecule has 1 unspecified atom stereocenters. The fraction of sp³-hybridized carbons (Fsp3) is 0.615. The van der Waals surface area contributed by atoms with E-state index in [1.165, 1.54) is 6.07 Å². The van der Waals surface area contributed by atoms with Crippen molar-refractivity contribution in [1.29, 1.82) is 0 Å². The Morgan fingerprint density at radius 2 is 1.82 bits per heavy atom. The maximum atomic E-state index is 13.7. The maximum absolute atomic E-state index is 13.7. The second-order valence-corrected chi connectivity index (χ2v) is 9.27. The summed E-state index contributed by atoms with van der Waals surface area (Å²) in [6, 6.07) is 5.31. The van der Waals surface area contributed by atoms with E-state index in [2.05, 4.69) is 6.92 Å². The molecule has 2 aliphatic heterocycles. The lowest BCUT2D eigenvalue weighted by atomic mass is 9.82. The summed E-state index contributed by atoms with van der Waals surface area (Å²) in [7, 11) is 0. The van der Waals surface area contributed by atoms with Gasteiger partial charge in [0, 0.05) is 37.4 Å². The lowest BCUT2D eigenvalue weighted by molar-refractivity contribution is -0.149. The molecule has 2 heterocycles. The first-order chi connectivity index (χ1) is 16.1. The van der Waals surface area contributed by atoms with Crippen LogP contribution in [0.5, 0.6) is 0 Å². The van der Waals surface area contributed by atoms with Gasteiger partial charge in [0.1, 0.15) is 5.60 Å². The van der Waals surface area contributed by atoms with Crippen LogP contribution in [-0.4, -0.2) is 48.6 Å². The molecular formula is C26H35F3N2O3. The van der Waals surface area contributed by atoms with Crippen molar-refractivity contribution >= 4 is 17.6 Å². The van der Waals surface area contributed by atoms with E-state index in [1.807, 2.05) is 11.8 Å². The molecule has 1 fully saturated rings. The molecular weight excluding hydrogens is 445 g/mol. The zero-order valence-corrected chi connectivity index (χ0v) is 20.3. The van der Waals surface area contributed by atoms with Crippen molar-refractivity contribution in [3.63, 3.8) is 0 Å². The fourth-order valence-corrected chi connectivity index (χ4v) is 5.06. The zero-order valence-electron chi connectivity index (χ0n) is 20.3. The van der Waals surface area contributed by atoms with Gasteiger partial charge in [-0.2, -0.15) is 13.2 Å². The van der Waals surface area contributed by atoms with E-state index in [0.29, 0.717) is 62.3 Å². The van der Waals surface area contributed by atoms with Crippen LogP contribution in [0, 0.1) is 0 Å². The van der Waals surface area contributed by atoms with Crippen LogP contribution in [0.25, 0.3) is 0 Å². The van der Waals surface area contributed by atoms with Crippen LogP contribution in [0.15, 0.2) is 35.4 Å². The highest BCUT2D eigenvalue weighted by Gasteiger charge is 2.49. The van der Waals surface area contributed by atoms with Gasteiger partial charge in [0.05, 0.1) is 11.1 Å². The molecule has 5 nitrogen and oxygen atoms in total. The number of carbonyl (C=O) groups is 2. The summed E-state index contributed by atoms with van der Waals surface area (Å²) in [5, 5.41) is 0. The molecule has 2 aliphatic rings. The predicted molar refractivity (Wildman–Crippen MR) is 125 cm³/mol. The lowest BCUT2D eigenvalue weighted by Crippen LogP contribution is -2.43. The Balaban J connectivity index is 1.79. The average Bonchev–Trinajstić information content (AvgIpc) is 2.95. The molecule has 0 bridgehead atoms. The summed E-state index contributed by atoms with van der Waals surface area (Å²) < 4.78 is 45.3. The molecule has 0 radical (unpaired) electrons. The van der Waals surface area contributed by atoms with Crippen molar-refractivity contribution in [1.82, 2.24) is 4.90 Å². The maximum Gasteiger partial charge on any atom is 0.416 e. The van der Waals surface area contributed by atoms with E-state index in [4.69, 9.17) is 4.74 Å². The van der Waals surface area contributed by atoms with Crippen LogP contribution in [0.1, 0.15) is 71.3 Å². The molecule has 188 valence electrons. The molecule has 34 heavy (non-hydrogen) atoms. The largest absolute Gasteiger partial charge is 0.451 e. The van der Waals surface area contributed by atoms with E-state index in [-0.39, 0.29) is 5.91 Å². The molecule has 1 aromatic rings. The van der Waals surface area contributed by atoms with Crippen LogP contribution in [0.2, 0.25) is 0 Å². The van der Waals surface area contributed by atoms with Crippen molar-refractivity contribution in [2.75, 3.05) is 31.1 Å². The summed E-state index contributed by atoms with van der Waals surface area (Å²) in [4.78, 5) is 29.9. The predicted octanol–water partition coefficient (Wildman–Crippen LogP) is 5.74. The summed E-state index contributed by atoms with van der Waals surface area (Å²) >= 11 is 0. The zero-order chi connectivity index (χ0) is 24.9. The highest BCUT2D eigenvalue weighted by atomic mass is 19.4. The van der Waals surface area contributed by atoms with E-state index in [0.717, 1.165) is 37.8 Å². The number of benzene rings is 1. The number of carbonyl (C=O) groups excluding carboxylic acids is 2. The molecule has 1 atom stereocenters. The van der Waals surface area contributed by atoms with Gasteiger partial charge in [-0.3, -0.25) is 4.79 Å². The van der Waals surface area contributed by atoms with Crippen LogP contribution < -0.4 is 4.90 Å². The third-order valence-electron chi connectivity index (χ3n) is 6.80. The number of ether oxygens (including phenoxy) is 1. The molecule has 0 aromatic heterocycles. The molecule has 3 rings (SSSR count). The number of rotatable bonds is 8. The van der Waals surface area contributed by atoms with Crippen molar-refractivity contribution < 1.29 is 27.5 Å². The number of hydrogen-bond acceptors (Lipinski definition) is 4. The van der Waals surface area contributed by atoms with Gasteiger partial charge in [-0.25, -0.2) is 4.79 Å². The third kappa shape index (κ3) is 5.58. The van der Waals surface area contributed by atoms with Crippen LogP contribution in [-0.2, 0) is 20.5 Å². The van der Waals surface area contributed by atoms with E-state index in [9.17, 15) is 22.8 Å². The number of unbranched alkanes of at least 4 members (excludes halogenated alkanes) is 2. The number of hydrogen-bond donors (Lipinski definition) is 0. The summed E-state index contributed by atoms with van der Waals surface area (Å²) in [5.41, 5.74) is -0.202. The first-order valence-corrected chi connectivity index (χ1v) is 12.3. The summed E-state index contributed by atoms with van der Waals surface area (Å²) in [6.45, 7) is 7.62. The number of alkyl halides is 3. The topological polar surface area (TPSA) is 49.9 Å². The molecule has 0 N–H and O–H groups in total. The Kier molecular flexibility index (Phi) is 8.31. The summed E-state index contributed by atoms with van der Waals surface area (Å²) in [6.07, 6.45) is 1.14. The number of halogens is 3. The van der Waals surface area contributed by atoms with Crippen molar-refractivity contribution in [3.05, 3.63) is 41.0 Å². The van der Waals surface area contributed by atoms with Gasteiger partial charge in [0.2, 0.25) is 0 Å². The first kappa shape index (κ1) is 26.1. The van der Waals surface area contributed by atoms with Gasteiger partial charge >= 0.3 is 12.1 Å². The standard InChI is InChI=1S/C26H35F3N2O3/c1-4-6-7-13-25(12-5-2)22(19(3)24(33)34-25)23(32)31-15-9-14-30(16-17-31)21-11-8-10-20(18-21)26(27,28)29/h8,10-11,18H,4-7,9,12-17H2,1-3H3. The van der Waals surface area contributed by atoms with Crippen molar-refractivity contribution in [3.8, 4) is 0 Å². The van der Waals surface area contributed by atoms with Gasteiger partial charge in [0.15, 0.2) is 0 Å². The third-order valence-corrected chi connectivity index (χ3v) is 6.80. The van der Waals surface area contributed by atoms with Gasteiger partial charge in [0.25, 0.3) is 5.91 Å². The van der Waals surface area contributed by atoms with Crippen molar-refractivity contribution in [2.45, 2.75) is 77.5 Å². The Morgan fingerprint density at radius 3 is 2.50 bits per heavy atom. The first-order valence-electron chi connectivity index (χ1n) is 12.3. The van der Waals surface area contributed by atoms with E-state index >= 15 is 0 Å². The number of amides is 1. The van der Waals surface area contributed by atoms with Crippen LogP contribution >= 0.6 is 0 Å². The highest BCUT2D eigenvalue weighted by Crippen LogP contribution is 2.42. The van der Waals surface area contributed by atoms with Gasteiger partial charge < -0.3 is 14.5 Å². The normalized spacial score (nSPS) is 21.6. The monoisotopic (exact) mass is 480 g/mol. The number of anilines is 1. The number of nitrogens with zero attached hydrogens (tertiary/aromatic N) is 2. The lowest BCUT2D eigenvalue weighted by Gasteiger charge is -2.33. The summed E-state index contributed by atoms with van der Waals surface area (Å²) in [5.74, 6) is -0.604. The minimum absolute atomic E-state index is 0.181. The SMILES string of the molecule is CCCCCC1(CCC)OC(=O)C(C)=C1C(=O)N1CCCN(c2cccc(C(F)(F)F)c2)CC1. The second kappa shape index (κ2) is 10.8. The van der Waals surface area contributed by atoms with Crippen LogP contribution in [0.3, 0.4) is 0 Å². The van der Waals surface area contributed by atoms with E-state index < -0.39 is 23.3 Å². The van der Waals surface area contributed by atoms with Gasteiger partial charge in [-0.1, -0.05) is 39.2 Å². The molecule has 0 saturated carbocycles. The fourth-order valence-electron chi connectivity index (χ4n) is 5.06.